The molecule has 0 bridgehead atoms. The maximum Gasteiger partial charge on any atom is 0.271 e. The van der Waals surface area contributed by atoms with E-state index < -0.39 is 33.4 Å². The molecule has 196 valence electrons. The van der Waals surface area contributed by atoms with Crippen LogP contribution in [0.15, 0.2) is 48.5 Å². The highest BCUT2D eigenvalue weighted by atomic mass is 32.2. The van der Waals surface area contributed by atoms with Crippen LogP contribution < -0.4 is 14.4 Å². The van der Waals surface area contributed by atoms with Gasteiger partial charge in [-0.15, -0.1) is 0 Å². The van der Waals surface area contributed by atoms with Crippen molar-refractivity contribution in [3.63, 3.8) is 0 Å². The lowest BCUT2D eigenvalue weighted by Crippen LogP contribution is -2.52. The lowest BCUT2D eigenvalue weighted by molar-refractivity contribution is -0.384. The summed E-state index contributed by atoms with van der Waals surface area (Å²) in [5, 5.41) is 14.2. The Bertz CT molecular complexity index is 1190. The highest BCUT2D eigenvalue weighted by Crippen LogP contribution is 2.33. The number of amides is 2. The molecule has 12 heteroatoms. The van der Waals surface area contributed by atoms with E-state index in [1.54, 1.807) is 31.2 Å². The molecule has 0 heterocycles. The SMILES string of the molecule is CC[C@@H](C)NC(=O)[C@H](C)N(Cc1ccccc1)C(=O)CN(c1cc([N+](=O)[O-])ccc1OC)S(C)(=O)=O. The fraction of sp³-hybridized carbons (Fsp3) is 0.417. The second-order valence-corrected chi connectivity index (χ2v) is 10.3. The molecule has 36 heavy (non-hydrogen) atoms. The molecule has 2 rings (SSSR count). The predicted molar refractivity (Wildman–Crippen MR) is 136 cm³/mol. The zero-order valence-electron chi connectivity index (χ0n) is 21.0. The van der Waals surface area contributed by atoms with E-state index in [9.17, 15) is 28.1 Å². The van der Waals surface area contributed by atoms with Crippen LogP contribution in [0.5, 0.6) is 5.75 Å². The first-order chi connectivity index (χ1) is 16.9. The number of nitro groups is 1. The average molecular weight is 521 g/mol. The molecule has 0 aliphatic heterocycles. The maximum absolute atomic E-state index is 13.6. The summed E-state index contributed by atoms with van der Waals surface area (Å²) in [5.74, 6) is -1.01. The van der Waals surface area contributed by atoms with Crippen LogP contribution in [-0.4, -0.2) is 62.0 Å². The minimum Gasteiger partial charge on any atom is -0.495 e. The number of carbonyl (C=O) groups is 2. The van der Waals surface area contributed by atoms with Gasteiger partial charge in [0, 0.05) is 24.7 Å². The van der Waals surface area contributed by atoms with E-state index >= 15 is 0 Å². The summed E-state index contributed by atoms with van der Waals surface area (Å²) >= 11 is 0. The van der Waals surface area contributed by atoms with Crippen molar-refractivity contribution in [1.29, 1.82) is 0 Å². The van der Waals surface area contributed by atoms with E-state index in [4.69, 9.17) is 4.74 Å². The van der Waals surface area contributed by atoms with E-state index in [2.05, 4.69) is 5.32 Å². The summed E-state index contributed by atoms with van der Waals surface area (Å²) in [7, 11) is -2.79. The number of carbonyl (C=O) groups excluding carboxylic acids is 2. The number of sulfonamides is 1. The molecular formula is C24H32N4O7S. The monoisotopic (exact) mass is 520 g/mol. The summed E-state index contributed by atoms with van der Waals surface area (Å²) in [4.78, 5) is 38.4. The molecule has 11 nitrogen and oxygen atoms in total. The largest absolute Gasteiger partial charge is 0.495 e. The van der Waals surface area contributed by atoms with Crippen LogP contribution in [0, 0.1) is 10.1 Å². The Morgan fingerprint density at radius 2 is 1.78 bits per heavy atom. The number of ether oxygens (including phenoxy) is 1. The molecule has 2 aromatic carbocycles. The third-order valence-corrected chi connectivity index (χ3v) is 6.81. The number of anilines is 1. The van der Waals surface area contributed by atoms with Crippen molar-refractivity contribution >= 4 is 33.2 Å². The van der Waals surface area contributed by atoms with Crippen LogP contribution in [-0.2, 0) is 26.2 Å². The lowest BCUT2D eigenvalue weighted by Gasteiger charge is -2.32. The summed E-state index contributed by atoms with van der Waals surface area (Å²) in [5.41, 5.74) is 0.223. The molecule has 1 N–H and O–H groups in total. The van der Waals surface area contributed by atoms with Gasteiger partial charge in [0.05, 0.1) is 18.3 Å². The van der Waals surface area contributed by atoms with Gasteiger partial charge in [-0.2, -0.15) is 0 Å². The van der Waals surface area contributed by atoms with Gasteiger partial charge in [0.15, 0.2) is 0 Å². The number of non-ortho nitro benzene ring substituents is 1. The van der Waals surface area contributed by atoms with Crippen LogP contribution in [0.4, 0.5) is 11.4 Å². The molecule has 2 aromatic rings. The van der Waals surface area contributed by atoms with Gasteiger partial charge < -0.3 is 15.0 Å². The second kappa shape index (κ2) is 12.3. The van der Waals surface area contributed by atoms with Crippen LogP contribution in [0.25, 0.3) is 0 Å². The minimum atomic E-state index is -4.08. The number of benzene rings is 2. The first kappa shape index (κ1) is 28.6. The Kier molecular flexibility index (Phi) is 9.79. The van der Waals surface area contributed by atoms with Crippen LogP contribution in [0.3, 0.4) is 0 Å². The van der Waals surface area contributed by atoms with E-state index in [-0.39, 0.29) is 35.6 Å². The number of nitrogens with zero attached hydrogens (tertiary/aromatic N) is 3. The lowest BCUT2D eigenvalue weighted by atomic mass is 10.1. The highest BCUT2D eigenvalue weighted by Gasteiger charge is 2.32. The fourth-order valence-corrected chi connectivity index (χ4v) is 4.25. The third-order valence-electron chi connectivity index (χ3n) is 5.69. The molecule has 0 aliphatic carbocycles. The van der Waals surface area contributed by atoms with Crippen molar-refractivity contribution in [3.8, 4) is 5.75 Å². The van der Waals surface area contributed by atoms with Crippen molar-refractivity contribution in [2.24, 2.45) is 0 Å². The molecule has 0 saturated heterocycles. The van der Waals surface area contributed by atoms with Crippen molar-refractivity contribution in [2.45, 2.75) is 45.8 Å². The Balaban J connectivity index is 2.49. The predicted octanol–water partition coefficient (Wildman–Crippen LogP) is 2.70. The third kappa shape index (κ3) is 7.41. The average Bonchev–Trinajstić information content (AvgIpc) is 2.84. The van der Waals surface area contributed by atoms with Gasteiger partial charge in [-0.05, 0) is 31.9 Å². The molecular weight excluding hydrogens is 488 g/mol. The van der Waals surface area contributed by atoms with Crippen LogP contribution in [0.1, 0.15) is 32.8 Å². The fourth-order valence-electron chi connectivity index (χ4n) is 3.41. The molecule has 0 fully saturated rings. The molecule has 2 atom stereocenters. The molecule has 0 aromatic heterocycles. The van der Waals surface area contributed by atoms with Crippen LogP contribution >= 0.6 is 0 Å². The Morgan fingerprint density at radius 1 is 1.14 bits per heavy atom. The quantitative estimate of drug-likeness (QED) is 0.335. The van der Waals surface area contributed by atoms with Crippen molar-refractivity contribution < 1.29 is 27.7 Å². The van der Waals surface area contributed by atoms with Crippen molar-refractivity contribution in [2.75, 3.05) is 24.2 Å². The van der Waals surface area contributed by atoms with Gasteiger partial charge in [-0.3, -0.25) is 24.0 Å². The number of hydrogen-bond acceptors (Lipinski definition) is 7. The standard InChI is InChI=1S/C24H32N4O7S/c1-6-17(2)25-24(30)18(3)26(15-19-10-8-7-9-11-19)23(29)16-27(36(5,33)34)21-14-20(28(31)32)12-13-22(21)35-4/h7-14,17-18H,6,15-16H2,1-5H3,(H,25,30)/t17-,18+/m1/s1. The highest BCUT2D eigenvalue weighted by molar-refractivity contribution is 7.92. The molecule has 2 amide bonds. The second-order valence-electron chi connectivity index (χ2n) is 8.38. The van der Waals surface area contributed by atoms with E-state index in [1.807, 2.05) is 19.9 Å². The first-order valence-electron chi connectivity index (χ1n) is 11.3. The number of nitrogens with one attached hydrogen (secondary N) is 1. The van der Waals surface area contributed by atoms with E-state index in [0.29, 0.717) is 6.42 Å². The summed E-state index contributed by atoms with van der Waals surface area (Å²) < 4.78 is 31.4. The van der Waals surface area contributed by atoms with Gasteiger partial charge in [0.25, 0.3) is 5.69 Å². The van der Waals surface area contributed by atoms with Gasteiger partial charge in [0.1, 0.15) is 24.0 Å². The topological polar surface area (TPSA) is 139 Å². The normalized spacial score (nSPS) is 12.8. The van der Waals surface area contributed by atoms with Crippen molar-refractivity contribution in [3.05, 3.63) is 64.2 Å². The molecule has 0 saturated carbocycles. The number of methoxy groups -OCH3 is 1. The van der Waals surface area contributed by atoms with Gasteiger partial charge >= 0.3 is 0 Å². The van der Waals surface area contributed by atoms with E-state index in [1.165, 1.54) is 24.1 Å². The first-order valence-corrected chi connectivity index (χ1v) is 13.2. The zero-order valence-corrected chi connectivity index (χ0v) is 21.8. The van der Waals surface area contributed by atoms with Gasteiger partial charge in [-0.25, -0.2) is 8.42 Å². The van der Waals surface area contributed by atoms with Crippen molar-refractivity contribution in [1.82, 2.24) is 10.2 Å². The number of hydrogen-bond donors (Lipinski definition) is 1. The summed E-state index contributed by atoms with van der Waals surface area (Å²) in [6, 6.07) is 11.4. The minimum absolute atomic E-state index is 0.0380. The molecule has 0 radical (unpaired) electrons. The van der Waals surface area contributed by atoms with Gasteiger partial charge in [-0.1, -0.05) is 37.3 Å². The maximum atomic E-state index is 13.6. The number of rotatable bonds is 12. The molecule has 0 spiro atoms. The van der Waals surface area contributed by atoms with Crippen LogP contribution in [0.2, 0.25) is 0 Å². The Hall–Kier alpha value is -3.67. The zero-order chi connectivity index (χ0) is 27.0. The Labute approximate surface area is 211 Å². The number of nitro benzene ring substituents is 1. The van der Waals surface area contributed by atoms with E-state index in [0.717, 1.165) is 22.2 Å². The molecule has 0 unspecified atom stereocenters. The smallest absolute Gasteiger partial charge is 0.271 e. The van der Waals surface area contributed by atoms with Gasteiger partial charge in [0.2, 0.25) is 21.8 Å². The summed E-state index contributed by atoms with van der Waals surface area (Å²) in [6.07, 6.45) is 1.58. The summed E-state index contributed by atoms with van der Waals surface area (Å²) in [6.45, 7) is 4.69. The Morgan fingerprint density at radius 3 is 2.31 bits per heavy atom. The molecule has 0 aliphatic rings.